The van der Waals surface area contributed by atoms with Gasteiger partial charge in [-0.1, -0.05) is 12.1 Å². The van der Waals surface area contributed by atoms with Gasteiger partial charge >= 0.3 is 0 Å². The Kier molecular flexibility index (Phi) is 3.89. The molecule has 1 aromatic rings. The first-order chi connectivity index (χ1) is 6.70. The van der Waals surface area contributed by atoms with E-state index >= 15 is 0 Å². The van der Waals surface area contributed by atoms with Crippen LogP contribution in [0.4, 0.5) is 4.39 Å². The van der Waals surface area contributed by atoms with Crippen LogP contribution in [0.5, 0.6) is 5.75 Å². The van der Waals surface area contributed by atoms with Crippen LogP contribution in [0.25, 0.3) is 0 Å². The Hall–Kier alpha value is -1.09. The summed E-state index contributed by atoms with van der Waals surface area (Å²) in [7, 11) is 0. The number of benzene rings is 1. The molecule has 0 heterocycles. The normalized spacial score (nSPS) is 10.5. The number of aryl methyl sites for hydroxylation is 1. The van der Waals surface area contributed by atoms with Gasteiger partial charge in [0.15, 0.2) is 0 Å². The molecule has 0 bridgehead atoms. The summed E-state index contributed by atoms with van der Waals surface area (Å²) in [4.78, 5) is 0. The first kappa shape index (κ1) is 11.0. The van der Waals surface area contributed by atoms with Crippen LogP contribution in [0.15, 0.2) is 12.1 Å². The Bertz CT molecular complexity index is 310. The molecule has 0 saturated carbocycles. The molecule has 0 fully saturated rings. The van der Waals surface area contributed by atoms with Gasteiger partial charge in [-0.2, -0.15) is 0 Å². The molecule has 0 amide bonds. The van der Waals surface area contributed by atoms with Crippen LogP contribution in [-0.2, 0) is 13.1 Å². The topological polar surface area (TPSA) is 40.5 Å². The number of aromatic hydroxyl groups is 1. The predicted molar refractivity (Wildman–Crippen MR) is 53.1 cm³/mol. The lowest BCUT2D eigenvalue weighted by atomic mass is 10.00. The zero-order valence-corrected chi connectivity index (χ0v) is 8.26. The van der Waals surface area contributed by atoms with Gasteiger partial charge in [0.05, 0.1) is 0 Å². The maximum absolute atomic E-state index is 12.4. The summed E-state index contributed by atoms with van der Waals surface area (Å²) in [5.41, 5.74) is 2.01. The van der Waals surface area contributed by atoms with Gasteiger partial charge in [0.2, 0.25) is 0 Å². The van der Waals surface area contributed by atoms with E-state index in [9.17, 15) is 9.50 Å². The Morgan fingerprint density at radius 2 is 2.07 bits per heavy atom. The SMILES string of the molecule is Cc1ccc(CF)c(O)c1CCCO. The van der Waals surface area contributed by atoms with Crippen molar-refractivity contribution >= 4 is 0 Å². The fraction of sp³-hybridized carbons (Fsp3) is 0.455. The molecule has 3 heteroatoms. The molecule has 14 heavy (non-hydrogen) atoms. The lowest BCUT2D eigenvalue weighted by molar-refractivity contribution is 0.288. The Labute approximate surface area is 83.0 Å². The van der Waals surface area contributed by atoms with Crippen LogP contribution < -0.4 is 0 Å². The molecule has 0 aliphatic heterocycles. The van der Waals surface area contributed by atoms with E-state index < -0.39 is 6.67 Å². The minimum atomic E-state index is -0.655. The zero-order chi connectivity index (χ0) is 10.6. The third kappa shape index (κ3) is 2.23. The van der Waals surface area contributed by atoms with E-state index in [0.29, 0.717) is 18.4 Å². The van der Waals surface area contributed by atoms with Crippen molar-refractivity contribution in [3.05, 3.63) is 28.8 Å². The average Bonchev–Trinajstić information content (AvgIpc) is 2.18. The average molecular weight is 198 g/mol. The molecule has 0 aliphatic rings. The monoisotopic (exact) mass is 198 g/mol. The van der Waals surface area contributed by atoms with E-state index in [4.69, 9.17) is 5.11 Å². The molecule has 0 saturated heterocycles. The van der Waals surface area contributed by atoms with Crippen molar-refractivity contribution in [1.29, 1.82) is 0 Å². The van der Waals surface area contributed by atoms with Crippen LogP contribution in [0.2, 0.25) is 0 Å². The molecule has 2 N–H and O–H groups in total. The highest BCUT2D eigenvalue weighted by Gasteiger charge is 2.09. The first-order valence-corrected chi connectivity index (χ1v) is 4.67. The summed E-state index contributed by atoms with van der Waals surface area (Å²) in [6.45, 7) is 1.30. The van der Waals surface area contributed by atoms with Crippen molar-refractivity contribution in [3.63, 3.8) is 0 Å². The van der Waals surface area contributed by atoms with Gasteiger partial charge in [-0.3, -0.25) is 0 Å². The predicted octanol–water partition coefficient (Wildman–Crippen LogP) is 2.10. The largest absolute Gasteiger partial charge is 0.507 e. The fourth-order valence-corrected chi connectivity index (χ4v) is 1.46. The van der Waals surface area contributed by atoms with Crippen LogP contribution in [0, 0.1) is 6.92 Å². The second kappa shape index (κ2) is 4.96. The van der Waals surface area contributed by atoms with Crippen molar-refractivity contribution < 1.29 is 14.6 Å². The van der Waals surface area contributed by atoms with Gasteiger partial charge < -0.3 is 10.2 Å². The highest BCUT2D eigenvalue weighted by molar-refractivity contribution is 5.44. The molecule has 0 spiro atoms. The number of phenols is 1. The number of rotatable bonds is 4. The minimum absolute atomic E-state index is 0.0425. The molecule has 0 atom stereocenters. The summed E-state index contributed by atoms with van der Waals surface area (Å²) in [5, 5.41) is 18.4. The van der Waals surface area contributed by atoms with Crippen molar-refractivity contribution in [2.45, 2.75) is 26.4 Å². The lowest BCUT2D eigenvalue weighted by Crippen LogP contribution is -1.96. The number of aliphatic hydroxyl groups excluding tert-OH is 1. The number of hydrogen-bond donors (Lipinski definition) is 2. The van der Waals surface area contributed by atoms with Gasteiger partial charge in [0.1, 0.15) is 12.4 Å². The van der Waals surface area contributed by atoms with E-state index in [2.05, 4.69) is 0 Å². The van der Waals surface area contributed by atoms with Gasteiger partial charge in [0, 0.05) is 12.2 Å². The van der Waals surface area contributed by atoms with Crippen molar-refractivity contribution in [2.24, 2.45) is 0 Å². The Balaban J connectivity index is 2.99. The summed E-state index contributed by atoms with van der Waals surface area (Å²) in [5.74, 6) is 0.0425. The maximum Gasteiger partial charge on any atom is 0.124 e. The van der Waals surface area contributed by atoms with Gasteiger partial charge in [-0.05, 0) is 30.9 Å². The van der Waals surface area contributed by atoms with Crippen molar-refractivity contribution in [3.8, 4) is 5.75 Å². The van der Waals surface area contributed by atoms with E-state index in [1.54, 1.807) is 12.1 Å². The summed E-state index contributed by atoms with van der Waals surface area (Å²) in [6.07, 6.45) is 1.17. The van der Waals surface area contributed by atoms with Gasteiger partial charge in [-0.25, -0.2) is 4.39 Å². The standard InChI is InChI=1S/C11H15FO2/c1-8-4-5-9(7-12)11(14)10(8)3-2-6-13/h4-5,13-14H,2-3,6-7H2,1H3. The number of aliphatic hydroxyl groups is 1. The Morgan fingerprint density at radius 3 is 2.64 bits per heavy atom. The Morgan fingerprint density at radius 1 is 1.36 bits per heavy atom. The molecule has 0 aliphatic carbocycles. The van der Waals surface area contributed by atoms with Crippen molar-refractivity contribution in [2.75, 3.05) is 6.61 Å². The van der Waals surface area contributed by atoms with Crippen molar-refractivity contribution in [1.82, 2.24) is 0 Å². The number of hydrogen-bond acceptors (Lipinski definition) is 2. The highest BCUT2D eigenvalue weighted by Crippen LogP contribution is 2.27. The lowest BCUT2D eigenvalue weighted by Gasteiger charge is -2.10. The number of halogens is 1. The zero-order valence-electron chi connectivity index (χ0n) is 8.26. The number of phenolic OH excluding ortho intramolecular Hbond substituents is 1. The minimum Gasteiger partial charge on any atom is -0.507 e. The third-order valence-corrected chi connectivity index (χ3v) is 2.33. The third-order valence-electron chi connectivity index (χ3n) is 2.33. The smallest absolute Gasteiger partial charge is 0.124 e. The molecular weight excluding hydrogens is 183 g/mol. The van der Waals surface area contributed by atoms with Gasteiger partial charge in [-0.15, -0.1) is 0 Å². The molecule has 0 aromatic heterocycles. The van der Waals surface area contributed by atoms with E-state index in [-0.39, 0.29) is 12.4 Å². The van der Waals surface area contributed by atoms with Gasteiger partial charge in [0.25, 0.3) is 0 Å². The van der Waals surface area contributed by atoms with Crippen LogP contribution in [0.3, 0.4) is 0 Å². The highest BCUT2D eigenvalue weighted by atomic mass is 19.1. The van der Waals surface area contributed by atoms with Crippen LogP contribution in [0.1, 0.15) is 23.1 Å². The molecule has 1 rings (SSSR count). The molecule has 2 nitrogen and oxygen atoms in total. The second-order valence-electron chi connectivity index (χ2n) is 3.33. The quantitative estimate of drug-likeness (QED) is 0.777. The summed E-state index contributed by atoms with van der Waals surface area (Å²) >= 11 is 0. The fourth-order valence-electron chi connectivity index (χ4n) is 1.46. The summed E-state index contributed by atoms with van der Waals surface area (Å²) < 4.78 is 12.4. The van der Waals surface area contributed by atoms with Crippen LogP contribution in [-0.4, -0.2) is 16.8 Å². The molecule has 0 unspecified atom stereocenters. The van der Waals surface area contributed by atoms with E-state index in [1.165, 1.54) is 0 Å². The van der Waals surface area contributed by atoms with E-state index in [0.717, 1.165) is 11.1 Å². The molecule has 0 radical (unpaired) electrons. The second-order valence-corrected chi connectivity index (χ2v) is 3.33. The van der Waals surface area contributed by atoms with E-state index in [1.807, 2.05) is 6.92 Å². The maximum atomic E-state index is 12.4. The van der Waals surface area contributed by atoms with Crippen LogP contribution >= 0.6 is 0 Å². The summed E-state index contributed by atoms with van der Waals surface area (Å²) in [6, 6.07) is 3.38. The molecular formula is C11H15FO2. The number of alkyl halides is 1. The molecule has 1 aromatic carbocycles. The first-order valence-electron chi connectivity index (χ1n) is 4.67. The molecule has 78 valence electrons.